The van der Waals surface area contributed by atoms with Gasteiger partial charge in [0.1, 0.15) is 18.4 Å². The van der Waals surface area contributed by atoms with Crippen LogP contribution in [0.3, 0.4) is 0 Å². The van der Waals surface area contributed by atoms with Gasteiger partial charge in [0.15, 0.2) is 0 Å². The van der Waals surface area contributed by atoms with Gasteiger partial charge in [-0.15, -0.1) is 6.58 Å². The van der Waals surface area contributed by atoms with E-state index in [0.717, 1.165) is 19.3 Å². The molecule has 29 heavy (non-hydrogen) atoms. The third-order valence-electron chi connectivity index (χ3n) is 5.44. The quantitative estimate of drug-likeness (QED) is 0.154. The molecule has 4 N–H and O–H groups in total. The van der Waals surface area contributed by atoms with E-state index < -0.39 is 23.8 Å². The van der Waals surface area contributed by atoms with Crippen molar-refractivity contribution in [2.45, 2.75) is 52.4 Å². The molecule has 0 aliphatic carbocycles. The predicted octanol–water partition coefficient (Wildman–Crippen LogP) is 1.88. The van der Waals surface area contributed by atoms with Crippen LogP contribution >= 0.6 is 0 Å². The molecule has 0 aliphatic heterocycles. The summed E-state index contributed by atoms with van der Waals surface area (Å²) in [7, 11) is 0. The number of carboxylic acids is 2. The number of hydrogen-bond donors (Lipinski definition) is 4. The minimum Gasteiger partial charge on any atom is -0.481 e. The van der Waals surface area contributed by atoms with Crippen LogP contribution in [0.5, 0.6) is 0 Å². The Hall–Kier alpha value is -1.93. The van der Waals surface area contributed by atoms with E-state index in [-0.39, 0.29) is 36.6 Å². The number of carbonyl (C=O) groups is 3. The molecule has 0 saturated heterocycles. The molecule has 0 radical (unpaired) electrons. The standard InChI is InChI=1S/C21H38N2O6/c1-4-7-8-9-10-19(25)22-11-12-23(13-14-24,15-17(5-2)20(26)27)16-18(6-3)21(28)29/h4,17-18,24H,1,5-16H2,2-3H3,(H2-,22,25,26,27,28,29)/p+1. The molecule has 1 amide bonds. The van der Waals surface area contributed by atoms with Gasteiger partial charge in [0.2, 0.25) is 5.91 Å². The smallest absolute Gasteiger partial charge is 0.312 e. The molecule has 8 nitrogen and oxygen atoms in total. The third kappa shape index (κ3) is 11.0. The first-order chi connectivity index (χ1) is 13.7. The number of aliphatic hydroxyl groups is 1. The summed E-state index contributed by atoms with van der Waals surface area (Å²) in [5.74, 6) is -3.21. The molecule has 0 aliphatic rings. The zero-order valence-corrected chi connectivity index (χ0v) is 17.9. The number of unbranched alkanes of at least 4 members (excludes halogenated alkanes) is 2. The lowest BCUT2D eigenvalue weighted by Gasteiger charge is -2.41. The molecule has 2 atom stereocenters. The number of carbonyl (C=O) groups excluding carboxylic acids is 1. The van der Waals surface area contributed by atoms with Gasteiger partial charge in [0.05, 0.1) is 32.8 Å². The van der Waals surface area contributed by atoms with E-state index in [1.165, 1.54) is 0 Å². The highest BCUT2D eigenvalue weighted by molar-refractivity contribution is 5.75. The average molecular weight is 416 g/mol. The van der Waals surface area contributed by atoms with E-state index in [4.69, 9.17) is 0 Å². The van der Waals surface area contributed by atoms with Gasteiger partial charge in [-0.05, 0) is 32.1 Å². The van der Waals surface area contributed by atoms with Crippen molar-refractivity contribution < 1.29 is 34.2 Å². The number of aliphatic hydroxyl groups excluding tert-OH is 1. The van der Waals surface area contributed by atoms with Crippen LogP contribution in [-0.4, -0.2) is 77.0 Å². The molecule has 168 valence electrons. The molecule has 8 heteroatoms. The zero-order valence-electron chi connectivity index (χ0n) is 17.9. The van der Waals surface area contributed by atoms with E-state index in [0.29, 0.717) is 32.4 Å². The SMILES string of the molecule is C=CCCCCC(=O)NCC[N+](CCO)(CC(CC)C(=O)O)CC(CC)C(=O)O. The van der Waals surface area contributed by atoms with E-state index >= 15 is 0 Å². The van der Waals surface area contributed by atoms with E-state index in [9.17, 15) is 29.7 Å². The summed E-state index contributed by atoms with van der Waals surface area (Å²) in [5.41, 5.74) is 0. The number of quaternary nitrogens is 1. The fourth-order valence-electron chi connectivity index (χ4n) is 3.56. The number of amides is 1. The van der Waals surface area contributed by atoms with Gasteiger partial charge >= 0.3 is 11.9 Å². The molecule has 0 saturated carbocycles. The second kappa shape index (κ2) is 15.0. The maximum Gasteiger partial charge on any atom is 0.312 e. The van der Waals surface area contributed by atoms with Crippen LogP contribution in [-0.2, 0) is 14.4 Å². The van der Waals surface area contributed by atoms with Crippen LogP contribution in [0.15, 0.2) is 12.7 Å². The summed E-state index contributed by atoms with van der Waals surface area (Å²) in [5, 5.41) is 31.5. The van der Waals surface area contributed by atoms with Crippen LogP contribution in [0, 0.1) is 11.8 Å². The van der Waals surface area contributed by atoms with Crippen molar-refractivity contribution in [3.63, 3.8) is 0 Å². The van der Waals surface area contributed by atoms with Crippen LogP contribution in [0.2, 0.25) is 0 Å². The highest BCUT2D eigenvalue weighted by Crippen LogP contribution is 2.19. The summed E-state index contributed by atoms with van der Waals surface area (Å²) in [6.07, 6.45) is 5.59. The lowest BCUT2D eigenvalue weighted by Crippen LogP contribution is -2.59. The van der Waals surface area contributed by atoms with E-state index in [2.05, 4.69) is 11.9 Å². The van der Waals surface area contributed by atoms with Crippen LogP contribution in [0.25, 0.3) is 0 Å². The maximum atomic E-state index is 12.0. The van der Waals surface area contributed by atoms with Crippen LogP contribution in [0.1, 0.15) is 52.4 Å². The fourth-order valence-corrected chi connectivity index (χ4v) is 3.56. The molecule has 0 bridgehead atoms. The second-order valence-corrected chi connectivity index (χ2v) is 7.65. The predicted molar refractivity (Wildman–Crippen MR) is 111 cm³/mol. The first kappa shape index (κ1) is 27.1. The second-order valence-electron chi connectivity index (χ2n) is 7.65. The van der Waals surface area contributed by atoms with Gasteiger partial charge in [-0.1, -0.05) is 19.9 Å². The van der Waals surface area contributed by atoms with Crippen molar-refractivity contribution in [3.8, 4) is 0 Å². The maximum absolute atomic E-state index is 12.0. The van der Waals surface area contributed by atoms with Crippen molar-refractivity contribution in [2.75, 3.05) is 39.3 Å². The first-order valence-electron chi connectivity index (χ1n) is 10.5. The van der Waals surface area contributed by atoms with Gasteiger partial charge in [-0.25, -0.2) is 0 Å². The monoisotopic (exact) mass is 415 g/mol. The number of aliphatic carboxylic acids is 2. The molecule has 2 unspecified atom stereocenters. The molecular formula is C21H39N2O6+. The molecule has 0 aromatic carbocycles. The highest BCUT2D eigenvalue weighted by Gasteiger charge is 2.37. The molecule has 0 aromatic heterocycles. The van der Waals surface area contributed by atoms with Crippen molar-refractivity contribution >= 4 is 17.8 Å². The van der Waals surface area contributed by atoms with Gasteiger partial charge in [-0.3, -0.25) is 14.4 Å². The first-order valence-corrected chi connectivity index (χ1v) is 10.5. The molecule has 0 rings (SSSR count). The third-order valence-corrected chi connectivity index (χ3v) is 5.44. The minimum absolute atomic E-state index is 0.0771. The average Bonchev–Trinajstić information content (AvgIpc) is 2.67. The Morgan fingerprint density at radius 3 is 1.97 bits per heavy atom. The molecule has 0 heterocycles. The summed E-state index contributed by atoms with van der Waals surface area (Å²) in [6, 6.07) is 0. The highest BCUT2D eigenvalue weighted by atomic mass is 16.4. The molecular weight excluding hydrogens is 376 g/mol. The number of carboxylic acid groups (broad SMARTS) is 2. The summed E-state index contributed by atoms with van der Waals surface area (Å²) in [6.45, 7) is 8.44. The number of nitrogens with zero attached hydrogens (tertiary/aromatic N) is 1. The Labute approximate surface area is 174 Å². The normalized spacial score (nSPS) is 15.1. The van der Waals surface area contributed by atoms with Gasteiger partial charge < -0.3 is 25.1 Å². The summed E-state index contributed by atoms with van der Waals surface area (Å²) >= 11 is 0. The van der Waals surface area contributed by atoms with Crippen molar-refractivity contribution in [1.29, 1.82) is 0 Å². The Bertz CT molecular complexity index is 499. The van der Waals surface area contributed by atoms with Crippen molar-refractivity contribution in [1.82, 2.24) is 5.32 Å². The number of allylic oxidation sites excluding steroid dienone is 1. The molecule has 0 spiro atoms. The Morgan fingerprint density at radius 1 is 1.00 bits per heavy atom. The summed E-state index contributed by atoms with van der Waals surface area (Å²) < 4.78 is 0.156. The Morgan fingerprint density at radius 2 is 1.55 bits per heavy atom. The van der Waals surface area contributed by atoms with Crippen LogP contribution < -0.4 is 5.32 Å². The topological polar surface area (TPSA) is 124 Å². The van der Waals surface area contributed by atoms with Crippen molar-refractivity contribution in [3.05, 3.63) is 12.7 Å². The van der Waals surface area contributed by atoms with Gasteiger partial charge in [-0.2, -0.15) is 0 Å². The molecule has 0 fully saturated rings. The number of rotatable bonds is 18. The van der Waals surface area contributed by atoms with Gasteiger partial charge in [0.25, 0.3) is 0 Å². The Kier molecular flexibility index (Phi) is 14.0. The number of nitrogens with one attached hydrogen (secondary N) is 1. The minimum atomic E-state index is -0.928. The van der Waals surface area contributed by atoms with Crippen molar-refractivity contribution in [2.24, 2.45) is 11.8 Å². The number of hydrogen-bond acceptors (Lipinski definition) is 4. The fraction of sp³-hybridized carbons (Fsp3) is 0.762. The lowest BCUT2D eigenvalue weighted by atomic mass is 9.99. The van der Waals surface area contributed by atoms with E-state index in [1.807, 2.05) is 6.08 Å². The Balaban J connectivity index is 5.20. The van der Waals surface area contributed by atoms with E-state index in [1.54, 1.807) is 13.8 Å². The zero-order chi connectivity index (χ0) is 22.3. The lowest BCUT2D eigenvalue weighted by molar-refractivity contribution is -0.931. The summed E-state index contributed by atoms with van der Waals surface area (Å²) in [4.78, 5) is 35.2. The van der Waals surface area contributed by atoms with Gasteiger partial charge in [0, 0.05) is 6.42 Å². The van der Waals surface area contributed by atoms with Crippen LogP contribution in [0.4, 0.5) is 0 Å². The largest absolute Gasteiger partial charge is 0.481 e. The molecule has 0 aromatic rings.